The van der Waals surface area contributed by atoms with Crippen LogP contribution in [0.25, 0.3) is 6.08 Å². The fourth-order valence-electron chi connectivity index (χ4n) is 3.17. The number of ether oxygens (including phenoxy) is 5. The second kappa shape index (κ2) is 10.4. The van der Waals surface area contributed by atoms with Gasteiger partial charge in [0.05, 0.1) is 35.0 Å². The van der Waals surface area contributed by atoms with Crippen molar-refractivity contribution >= 4 is 12.0 Å². The number of esters is 1. The molecule has 6 nitrogen and oxygen atoms in total. The second-order valence-corrected chi connectivity index (χ2v) is 6.24. The lowest BCUT2D eigenvalue weighted by Crippen LogP contribution is -2.05. The highest BCUT2D eigenvalue weighted by atomic mass is 16.5. The summed E-state index contributed by atoms with van der Waals surface area (Å²) in [6.45, 7) is 4.10. The highest BCUT2D eigenvalue weighted by Crippen LogP contribution is 2.49. The van der Waals surface area contributed by atoms with Gasteiger partial charge in [-0.3, -0.25) is 0 Å². The first-order valence-electron chi connectivity index (χ1n) is 9.29. The predicted octanol–water partition coefficient (Wildman–Crippen LogP) is 4.20. The summed E-state index contributed by atoms with van der Waals surface area (Å²) in [4.78, 5) is 11.4. The van der Waals surface area contributed by atoms with Gasteiger partial charge in [-0.05, 0) is 31.1 Å². The van der Waals surface area contributed by atoms with Gasteiger partial charge >= 0.3 is 5.97 Å². The Hall–Kier alpha value is -3.15. The van der Waals surface area contributed by atoms with Crippen LogP contribution in [-0.2, 0) is 16.0 Å². The Morgan fingerprint density at radius 2 is 1.41 bits per heavy atom. The van der Waals surface area contributed by atoms with E-state index in [1.165, 1.54) is 6.08 Å². The van der Waals surface area contributed by atoms with Crippen LogP contribution >= 0.6 is 0 Å². The average molecular weight is 400 g/mol. The molecule has 0 saturated carbocycles. The Morgan fingerprint density at radius 3 is 1.93 bits per heavy atom. The van der Waals surface area contributed by atoms with Gasteiger partial charge in [-0.1, -0.05) is 24.3 Å². The molecule has 0 fully saturated rings. The van der Waals surface area contributed by atoms with Gasteiger partial charge in [0.2, 0.25) is 11.5 Å². The Morgan fingerprint density at radius 1 is 0.862 bits per heavy atom. The fraction of sp³-hybridized carbons (Fsp3) is 0.348. The molecular weight excluding hydrogens is 372 g/mol. The van der Waals surface area contributed by atoms with Crippen LogP contribution < -0.4 is 18.9 Å². The van der Waals surface area contributed by atoms with E-state index in [4.69, 9.17) is 23.7 Å². The van der Waals surface area contributed by atoms with Crippen molar-refractivity contribution in [1.29, 1.82) is 0 Å². The maximum atomic E-state index is 11.4. The van der Waals surface area contributed by atoms with Crippen LogP contribution in [0, 0.1) is 6.92 Å². The van der Waals surface area contributed by atoms with Crippen LogP contribution in [-0.4, -0.2) is 41.0 Å². The van der Waals surface area contributed by atoms with Crippen molar-refractivity contribution in [2.45, 2.75) is 20.3 Å². The van der Waals surface area contributed by atoms with E-state index in [2.05, 4.69) is 0 Å². The highest BCUT2D eigenvalue weighted by molar-refractivity contribution is 5.87. The molecule has 0 N–H and O–H groups in total. The SMILES string of the molecule is CCOC(=O)C=Cc1ccc(Cc2c(C)c(OC)c(OC)c(OC)c2OC)cc1. The molecule has 0 aromatic heterocycles. The molecule has 0 aliphatic carbocycles. The van der Waals surface area contributed by atoms with Crippen molar-refractivity contribution in [1.82, 2.24) is 0 Å². The van der Waals surface area contributed by atoms with E-state index in [9.17, 15) is 4.79 Å². The summed E-state index contributed by atoms with van der Waals surface area (Å²) in [6.07, 6.45) is 3.77. The molecule has 0 saturated heterocycles. The summed E-state index contributed by atoms with van der Waals surface area (Å²) in [7, 11) is 6.35. The molecule has 0 unspecified atom stereocenters. The van der Waals surface area contributed by atoms with Crippen LogP contribution in [0.2, 0.25) is 0 Å². The van der Waals surface area contributed by atoms with E-state index in [1.807, 2.05) is 31.2 Å². The predicted molar refractivity (Wildman–Crippen MR) is 112 cm³/mol. The zero-order valence-corrected chi connectivity index (χ0v) is 17.8. The van der Waals surface area contributed by atoms with Crippen molar-refractivity contribution < 1.29 is 28.5 Å². The number of carbonyl (C=O) groups is 1. The molecule has 156 valence electrons. The topological polar surface area (TPSA) is 63.2 Å². The quantitative estimate of drug-likeness (QED) is 0.464. The molecule has 0 spiro atoms. The maximum Gasteiger partial charge on any atom is 0.330 e. The zero-order chi connectivity index (χ0) is 21.4. The number of hydrogen-bond donors (Lipinski definition) is 0. The summed E-state index contributed by atoms with van der Waals surface area (Å²) in [6, 6.07) is 7.91. The van der Waals surface area contributed by atoms with Crippen molar-refractivity contribution in [3.8, 4) is 23.0 Å². The minimum atomic E-state index is -0.352. The van der Waals surface area contributed by atoms with Crippen molar-refractivity contribution in [2.75, 3.05) is 35.0 Å². The number of carbonyl (C=O) groups excluding carboxylic acids is 1. The minimum Gasteiger partial charge on any atom is -0.492 e. The Labute approximate surface area is 172 Å². The molecule has 29 heavy (non-hydrogen) atoms. The van der Waals surface area contributed by atoms with Crippen molar-refractivity contribution in [3.63, 3.8) is 0 Å². The first-order valence-corrected chi connectivity index (χ1v) is 9.29. The van der Waals surface area contributed by atoms with Gasteiger partial charge in [0.1, 0.15) is 0 Å². The summed E-state index contributed by atoms with van der Waals surface area (Å²) in [5, 5.41) is 0. The normalized spacial score (nSPS) is 10.7. The molecule has 0 radical (unpaired) electrons. The lowest BCUT2D eigenvalue weighted by atomic mass is 9.96. The van der Waals surface area contributed by atoms with E-state index in [1.54, 1.807) is 41.4 Å². The first kappa shape index (κ1) is 22.1. The standard InChI is InChI=1S/C23H28O6/c1-7-29-19(24)13-12-16-8-10-17(11-9-16)14-18-15(2)20(25-3)22(27-5)23(28-6)21(18)26-4/h8-13H,7,14H2,1-6H3. The molecule has 0 heterocycles. The molecule has 0 amide bonds. The van der Waals surface area contributed by atoms with Crippen LogP contribution in [0.3, 0.4) is 0 Å². The monoisotopic (exact) mass is 400 g/mol. The first-order chi connectivity index (χ1) is 14.0. The lowest BCUT2D eigenvalue weighted by Gasteiger charge is -2.21. The van der Waals surface area contributed by atoms with Crippen molar-refractivity contribution in [2.24, 2.45) is 0 Å². The lowest BCUT2D eigenvalue weighted by molar-refractivity contribution is -0.137. The van der Waals surface area contributed by atoms with Crippen LogP contribution in [0.5, 0.6) is 23.0 Å². The highest BCUT2D eigenvalue weighted by Gasteiger charge is 2.25. The summed E-state index contributed by atoms with van der Waals surface area (Å²) in [5.74, 6) is 1.89. The van der Waals surface area contributed by atoms with E-state index in [0.29, 0.717) is 36.0 Å². The number of hydrogen-bond acceptors (Lipinski definition) is 6. The van der Waals surface area contributed by atoms with Crippen molar-refractivity contribution in [3.05, 3.63) is 52.6 Å². The van der Waals surface area contributed by atoms with Gasteiger partial charge in [0, 0.05) is 23.6 Å². The van der Waals surface area contributed by atoms with E-state index < -0.39 is 0 Å². The third kappa shape index (κ3) is 5.02. The van der Waals surface area contributed by atoms with Gasteiger partial charge in [-0.15, -0.1) is 0 Å². The Bertz CT molecular complexity index is 868. The van der Waals surface area contributed by atoms with Gasteiger partial charge < -0.3 is 23.7 Å². The Balaban J connectivity index is 2.37. The summed E-state index contributed by atoms with van der Waals surface area (Å²) < 4.78 is 27.1. The van der Waals surface area contributed by atoms with E-state index in [-0.39, 0.29) is 5.97 Å². The average Bonchev–Trinajstić information content (AvgIpc) is 2.74. The molecule has 0 aliphatic heterocycles. The van der Waals surface area contributed by atoms with E-state index >= 15 is 0 Å². The summed E-state index contributed by atoms with van der Waals surface area (Å²) >= 11 is 0. The largest absolute Gasteiger partial charge is 0.492 e. The fourth-order valence-corrected chi connectivity index (χ4v) is 3.17. The third-order valence-corrected chi connectivity index (χ3v) is 4.56. The van der Waals surface area contributed by atoms with E-state index in [0.717, 1.165) is 22.3 Å². The van der Waals surface area contributed by atoms with Gasteiger partial charge in [-0.2, -0.15) is 0 Å². The zero-order valence-electron chi connectivity index (χ0n) is 17.8. The molecule has 6 heteroatoms. The number of benzene rings is 2. The molecule has 0 atom stereocenters. The maximum absolute atomic E-state index is 11.4. The minimum absolute atomic E-state index is 0.352. The van der Waals surface area contributed by atoms with Crippen LogP contribution in [0.4, 0.5) is 0 Å². The molecular formula is C23H28O6. The second-order valence-electron chi connectivity index (χ2n) is 6.24. The molecule has 2 aromatic rings. The summed E-state index contributed by atoms with van der Waals surface area (Å²) in [5.41, 5.74) is 3.87. The molecule has 2 rings (SSSR count). The third-order valence-electron chi connectivity index (χ3n) is 4.56. The van der Waals surface area contributed by atoms with Crippen LogP contribution in [0.1, 0.15) is 29.2 Å². The molecule has 0 bridgehead atoms. The van der Waals surface area contributed by atoms with Gasteiger partial charge in [0.15, 0.2) is 11.5 Å². The molecule has 0 aliphatic rings. The number of methoxy groups -OCH3 is 4. The Kier molecular flexibility index (Phi) is 7.95. The van der Waals surface area contributed by atoms with Crippen LogP contribution in [0.15, 0.2) is 30.3 Å². The van der Waals surface area contributed by atoms with Gasteiger partial charge in [-0.25, -0.2) is 4.79 Å². The smallest absolute Gasteiger partial charge is 0.330 e. The molecule has 2 aromatic carbocycles. The number of rotatable bonds is 9. The van der Waals surface area contributed by atoms with Gasteiger partial charge in [0.25, 0.3) is 0 Å².